The first-order valence-electron chi connectivity index (χ1n) is 5.40. The SMILES string of the molecule is O=S(=O)(N=Cc1ccc(Cl)c(Cl)c1)c1ccccc1Br. The second-order valence-corrected chi connectivity index (χ2v) is 7.08. The van der Waals surface area contributed by atoms with Crippen LogP contribution in [0.15, 0.2) is 56.2 Å². The third-order valence-electron chi connectivity index (χ3n) is 2.40. The van der Waals surface area contributed by atoms with Crippen LogP contribution in [-0.2, 0) is 10.0 Å². The minimum absolute atomic E-state index is 0.108. The highest BCUT2D eigenvalue weighted by Gasteiger charge is 2.14. The fourth-order valence-electron chi connectivity index (χ4n) is 1.43. The normalized spacial score (nSPS) is 11.9. The summed E-state index contributed by atoms with van der Waals surface area (Å²) in [4.78, 5) is 0.108. The predicted molar refractivity (Wildman–Crippen MR) is 85.4 cm³/mol. The molecule has 0 radical (unpaired) electrons. The Bertz CT molecular complexity index is 776. The Morgan fingerprint density at radius 3 is 2.40 bits per heavy atom. The van der Waals surface area contributed by atoms with E-state index in [-0.39, 0.29) is 4.90 Å². The maximum atomic E-state index is 12.1. The van der Waals surface area contributed by atoms with Crippen LogP contribution >= 0.6 is 39.1 Å². The van der Waals surface area contributed by atoms with E-state index in [1.54, 1.807) is 36.4 Å². The van der Waals surface area contributed by atoms with Crippen molar-refractivity contribution in [3.05, 3.63) is 62.5 Å². The lowest BCUT2D eigenvalue weighted by molar-refractivity contribution is 0.597. The zero-order chi connectivity index (χ0) is 14.8. The van der Waals surface area contributed by atoms with E-state index in [0.717, 1.165) is 0 Å². The van der Waals surface area contributed by atoms with Gasteiger partial charge >= 0.3 is 0 Å². The molecule has 0 saturated carbocycles. The number of rotatable bonds is 3. The monoisotopic (exact) mass is 391 g/mol. The molecule has 2 rings (SSSR count). The molecule has 0 N–H and O–H groups in total. The molecule has 0 aliphatic heterocycles. The second-order valence-electron chi connectivity index (χ2n) is 3.81. The quantitative estimate of drug-likeness (QED) is 0.718. The average molecular weight is 393 g/mol. The molecule has 0 aliphatic rings. The molecule has 0 amide bonds. The third-order valence-corrected chi connectivity index (χ3v) is 5.39. The Morgan fingerprint density at radius 1 is 1.05 bits per heavy atom. The van der Waals surface area contributed by atoms with Crippen LogP contribution < -0.4 is 0 Å². The van der Waals surface area contributed by atoms with Gasteiger partial charge in [0.25, 0.3) is 10.0 Å². The summed E-state index contributed by atoms with van der Waals surface area (Å²) in [6.07, 6.45) is 1.23. The van der Waals surface area contributed by atoms with Gasteiger partial charge in [-0.2, -0.15) is 12.8 Å². The van der Waals surface area contributed by atoms with Gasteiger partial charge in [-0.15, -0.1) is 0 Å². The van der Waals surface area contributed by atoms with Crippen LogP contribution in [-0.4, -0.2) is 14.6 Å². The molecule has 2 aromatic rings. The molecule has 20 heavy (non-hydrogen) atoms. The summed E-state index contributed by atoms with van der Waals surface area (Å²) >= 11 is 14.8. The zero-order valence-corrected chi connectivity index (χ0v) is 13.8. The first-order chi connectivity index (χ1) is 9.40. The fraction of sp³-hybridized carbons (Fsp3) is 0. The Balaban J connectivity index is 2.35. The Kier molecular flexibility index (Phi) is 4.86. The minimum Gasteiger partial charge on any atom is -0.199 e. The first-order valence-corrected chi connectivity index (χ1v) is 8.39. The van der Waals surface area contributed by atoms with Crippen LogP contribution in [0.3, 0.4) is 0 Å². The maximum Gasteiger partial charge on any atom is 0.283 e. The van der Waals surface area contributed by atoms with E-state index >= 15 is 0 Å². The number of halogens is 3. The van der Waals surface area contributed by atoms with Crippen molar-refractivity contribution in [2.75, 3.05) is 0 Å². The van der Waals surface area contributed by atoms with Gasteiger partial charge in [-0.1, -0.05) is 41.4 Å². The standard InChI is InChI=1S/C13H8BrCl2NO2S/c14-10-3-1-2-4-13(10)20(18,19)17-8-9-5-6-11(15)12(16)7-9/h1-8H. The van der Waals surface area contributed by atoms with Crippen molar-refractivity contribution in [2.45, 2.75) is 4.90 Å². The van der Waals surface area contributed by atoms with Gasteiger partial charge in [0.15, 0.2) is 0 Å². The Labute approximate surface area is 135 Å². The zero-order valence-electron chi connectivity index (χ0n) is 9.92. The van der Waals surface area contributed by atoms with Gasteiger partial charge in [0, 0.05) is 10.7 Å². The largest absolute Gasteiger partial charge is 0.283 e. The van der Waals surface area contributed by atoms with Gasteiger partial charge in [0.1, 0.15) is 4.90 Å². The van der Waals surface area contributed by atoms with Crippen LogP contribution in [0, 0.1) is 0 Å². The smallest absolute Gasteiger partial charge is 0.199 e. The third kappa shape index (κ3) is 3.61. The topological polar surface area (TPSA) is 46.5 Å². The van der Waals surface area contributed by atoms with Crippen molar-refractivity contribution in [2.24, 2.45) is 4.40 Å². The molecule has 3 nitrogen and oxygen atoms in total. The minimum atomic E-state index is -3.77. The number of sulfonamides is 1. The van der Waals surface area contributed by atoms with Crippen molar-refractivity contribution in [1.82, 2.24) is 0 Å². The molecule has 0 unspecified atom stereocenters. The van der Waals surface area contributed by atoms with Gasteiger partial charge in [-0.3, -0.25) is 0 Å². The molecule has 104 valence electrons. The van der Waals surface area contributed by atoms with Crippen LogP contribution in [0.5, 0.6) is 0 Å². The average Bonchev–Trinajstić information content (AvgIpc) is 2.40. The highest BCUT2D eigenvalue weighted by Crippen LogP contribution is 2.24. The van der Waals surface area contributed by atoms with Crippen molar-refractivity contribution in [1.29, 1.82) is 0 Å². The van der Waals surface area contributed by atoms with Gasteiger partial charge < -0.3 is 0 Å². The summed E-state index contributed by atoms with van der Waals surface area (Å²) in [5.41, 5.74) is 0.551. The molecule has 0 saturated heterocycles. The molecule has 0 heterocycles. The van der Waals surface area contributed by atoms with Crippen LogP contribution in [0.4, 0.5) is 0 Å². The molecule has 0 atom stereocenters. The van der Waals surface area contributed by atoms with E-state index in [0.29, 0.717) is 20.1 Å². The molecule has 0 aliphatic carbocycles. The lowest BCUT2D eigenvalue weighted by atomic mass is 10.2. The Morgan fingerprint density at radius 2 is 1.75 bits per heavy atom. The van der Waals surface area contributed by atoms with Crippen LogP contribution in [0.2, 0.25) is 10.0 Å². The molecule has 0 bridgehead atoms. The number of nitrogens with zero attached hydrogens (tertiary/aromatic N) is 1. The van der Waals surface area contributed by atoms with Crippen molar-refractivity contribution in [3.8, 4) is 0 Å². The summed E-state index contributed by atoms with van der Waals surface area (Å²) in [5, 5.41) is 0.742. The van der Waals surface area contributed by atoms with Crippen molar-refractivity contribution >= 4 is 55.4 Å². The number of benzene rings is 2. The molecule has 7 heteroatoms. The summed E-state index contributed by atoms with van der Waals surface area (Å²) in [7, 11) is -3.77. The van der Waals surface area contributed by atoms with E-state index in [9.17, 15) is 8.42 Å². The van der Waals surface area contributed by atoms with E-state index in [2.05, 4.69) is 20.3 Å². The summed E-state index contributed by atoms with van der Waals surface area (Å²) in [5.74, 6) is 0. The van der Waals surface area contributed by atoms with E-state index in [1.807, 2.05) is 0 Å². The van der Waals surface area contributed by atoms with Crippen molar-refractivity contribution in [3.63, 3.8) is 0 Å². The lowest BCUT2D eigenvalue weighted by Crippen LogP contribution is -1.98. The number of hydrogen-bond acceptors (Lipinski definition) is 2. The predicted octanol–water partition coefficient (Wildman–Crippen LogP) is 4.56. The van der Waals surface area contributed by atoms with Gasteiger partial charge in [0.2, 0.25) is 0 Å². The van der Waals surface area contributed by atoms with Gasteiger partial charge in [0.05, 0.1) is 10.0 Å². The summed E-state index contributed by atoms with van der Waals surface area (Å²) in [6, 6.07) is 11.2. The first kappa shape index (κ1) is 15.5. The van der Waals surface area contributed by atoms with Gasteiger partial charge in [-0.25, -0.2) is 0 Å². The molecule has 0 spiro atoms. The number of hydrogen-bond donors (Lipinski definition) is 0. The highest BCUT2D eigenvalue weighted by molar-refractivity contribution is 9.10. The van der Waals surface area contributed by atoms with Crippen LogP contribution in [0.1, 0.15) is 5.56 Å². The van der Waals surface area contributed by atoms with Crippen molar-refractivity contribution < 1.29 is 8.42 Å². The summed E-state index contributed by atoms with van der Waals surface area (Å²) in [6.45, 7) is 0. The Hall–Kier alpha value is -0.880. The molecule has 2 aromatic carbocycles. The molecular formula is C13H8BrCl2NO2S. The van der Waals surface area contributed by atoms with Gasteiger partial charge in [-0.05, 0) is 45.8 Å². The van der Waals surface area contributed by atoms with E-state index < -0.39 is 10.0 Å². The lowest BCUT2D eigenvalue weighted by Gasteiger charge is -2.01. The van der Waals surface area contributed by atoms with Crippen LogP contribution in [0.25, 0.3) is 0 Å². The molecule has 0 aromatic heterocycles. The fourth-order valence-corrected chi connectivity index (χ4v) is 3.58. The van der Waals surface area contributed by atoms with E-state index in [4.69, 9.17) is 23.2 Å². The second kappa shape index (κ2) is 6.26. The van der Waals surface area contributed by atoms with E-state index in [1.165, 1.54) is 12.3 Å². The molecular weight excluding hydrogens is 385 g/mol. The summed E-state index contributed by atoms with van der Waals surface area (Å²) < 4.78 is 28.3. The molecule has 0 fully saturated rings. The highest BCUT2D eigenvalue weighted by atomic mass is 79.9. The maximum absolute atomic E-state index is 12.1.